The molecule has 0 bridgehead atoms. The normalized spacial score (nSPS) is 29.4. The molecule has 22 heavy (non-hydrogen) atoms. The van der Waals surface area contributed by atoms with E-state index in [1.807, 2.05) is 11.8 Å². The number of urea groups is 1. The molecule has 0 radical (unpaired) electrons. The van der Waals surface area contributed by atoms with E-state index in [0.29, 0.717) is 11.7 Å². The van der Waals surface area contributed by atoms with Crippen molar-refractivity contribution < 1.29 is 19.0 Å². The summed E-state index contributed by atoms with van der Waals surface area (Å²) >= 11 is 1.88. The van der Waals surface area contributed by atoms with Crippen LogP contribution in [0, 0.1) is 0 Å². The molecular weight excluding hydrogens is 325 g/mol. The SMILES string of the molecule is CP(=O)(O)CCNC(=O)CCCCC1SCC2NC(=O)NC21. The van der Waals surface area contributed by atoms with Crippen molar-refractivity contribution in [2.75, 3.05) is 25.1 Å². The number of amides is 3. The smallest absolute Gasteiger partial charge is 0.315 e. The topological polar surface area (TPSA) is 108 Å². The second-order valence-electron chi connectivity index (χ2n) is 5.99. The van der Waals surface area contributed by atoms with Crippen molar-refractivity contribution in [2.24, 2.45) is 0 Å². The zero-order chi connectivity index (χ0) is 16.2. The van der Waals surface area contributed by atoms with Gasteiger partial charge in [-0.15, -0.1) is 0 Å². The van der Waals surface area contributed by atoms with E-state index < -0.39 is 7.37 Å². The standard InChI is InChI=1S/C13H24N3O4PS/c1-21(19,20)7-6-14-11(17)5-3-2-4-10-12-9(8-22-10)15-13(18)16-12/h9-10,12H,2-8H2,1H3,(H,14,17)(H,19,20)(H2,15,16,18). The molecule has 4 atom stereocenters. The van der Waals surface area contributed by atoms with Crippen LogP contribution < -0.4 is 16.0 Å². The molecule has 2 rings (SSSR count). The molecule has 4 N–H and O–H groups in total. The van der Waals surface area contributed by atoms with Crippen LogP contribution in [0.15, 0.2) is 0 Å². The predicted molar refractivity (Wildman–Crippen MR) is 87.6 cm³/mol. The van der Waals surface area contributed by atoms with Gasteiger partial charge in [0.25, 0.3) is 0 Å². The number of carbonyl (C=O) groups is 2. The van der Waals surface area contributed by atoms with Crippen LogP contribution in [0.25, 0.3) is 0 Å². The lowest BCUT2D eigenvalue weighted by Gasteiger charge is -2.16. The fraction of sp³-hybridized carbons (Fsp3) is 0.846. The van der Waals surface area contributed by atoms with Gasteiger partial charge in [-0.3, -0.25) is 9.36 Å². The molecule has 2 aliphatic rings. The van der Waals surface area contributed by atoms with Gasteiger partial charge in [-0.25, -0.2) is 4.79 Å². The van der Waals surface area contributed by atoms with Gasteiger partial charge in [0.2, 0.25) is 5.91 Å². The monoisotopic (exact) mass is 349 g/mol. The molecule has 0 aromatic heterocycles. The molecular formula is C13H24N3O4PS. The van der Waals surface area contributed by atoms with E-state index in [4.69, 9.17) is 4.89 Å². The maximum atomic E-state index is 11.6. The van der Waals surface area contributed by atoms with Gasteiger partial charge in [0.15, 0.2) is 7.37 Å². The van der Waals surface area contributed by atoms with Gasteiger partial charge >= 0.3 is 6.03 Å². The summed E-state index contributed by atoms with van der Waals surface area (Å²) in [5, 5.41) is 8.96. The van der Waals surface area contributed by atoms with Crippen LogP contribution in [0.5, 0.6) is 0 Å². The van der Waals surface area contributed by atoms with Gasteiger partial charge in [0.05, 0.1) is 12.1 Å². The van der Waals surface area contributed by atoms with Crippen LogP contribution in [0.3, 0.4) is 0 Å². The predicted octanol–water partition coefficient (Wildman–Crippen LogP) is 0.729. The van der Waals surface area contributed by atoms with Gasteiger partial charge in [0.1, 0.15) is 0 Å². The quantitative estimate of drug-likeness (QED) is 0.294. The third kappa shape index (κ3) is 5.48. The van der Waals surface area contributed by atoms with E-state index in [0.717, 1.165) is 25.0 Å². The van der Waals surface area contributed by atoms with Crippen molar-refractivity contribution in [2.45, 2.75) is 43.0 Å². The van der Waals surface area contributed by atoms with Crippen molar-refractivity contribution in [1.82, 2.24) is 16.0 Å². The summed E-state index contributed by atoms with van der Waals surface area (Å²) in [4.78, 5) is 32.0. The Labute approximate surface area is 134 Å². The van der Waals surface area contributed by atoms with Crippen LogP contribution in [0.2, 0.25) is 0 Å². The Balaban J connectivity index is 1.55. The number of hydrogen-bond donors (Lipinski definition) is 4. The highest BCUT2D eigenvalue weighted by molar-refractivity contribution is 8.00. The molecule has 0 saturated carbocycles. The summed E-state index contributed by atoms with van der Waals surface area (Å²) in [6.45, 7) is 1.55. The number of carbonyl (C=O) groups excluding carboxylic acids is 2. The minimum Gasteiger partial charge on any atom is -0.356 e. The van der Waals surface area contributed by atoms with Crippen LogP contribution in [-0.2, 0) is 9.36 Å². The number of hydrogen-bond acceptors (Lipinski definition) is 4. The highest BCUT2D eigenvalue weighted by Crippen LogP contribution is 2.34. The second kappa shape index (κ2) is 7.70. The van der Waals surface area contributed by atoms with Crippen LogP contribution in [-0.4, -0.2) is 59.3 Å². The lowest BCUT2D eigenvalue weighted by atomic mass is 10.0. The highest BCUT2D eigenvalue weighted by atomic mass is 32.2. The first-order valence-electron chi connectivity index (χ1n) is 7.60. The maximum Gasteiger partial charge on any atom is 0.315 e. The Kier molecular flexibility index (Phi) is 6.17. The minimum absolute atomic E-state index is 0.0683. The van der Waals surface area contributed by atoms with E-state index >= 15 is 0 Å². The summed E-state index contributed by atoms with van der Waals surface area (Å²) in [7, 11) is -3.04. The number of rotatable bonds is 8. The van der Waals surface area contributed by atoms with E-state index in [1.54, 1.807) is 0 Å². The Morgan fingerprint density at radius 3 is 2.95 bits per heavy atom. The highest BCUT2D eigenvalue weighted by Gasteiger charge is 2.42. The third-order valence-corrected chi connectivity index (χ3v) is 6.49. The lowest BCUT2D eigenvalue weighted by Crippen LogP contribution is -2.36. The number of fused-ring (bicyclic) bond motifs is 1. The molecule has 2 fully saturated rings. The molecule has 9 heteroatoms. The van der Waals surface area contributed by atoms with Crippen molar-refractivity contribution >= 4 is 31.1 Å². The third-order valence-electron chi connectivity index (χ3n) is 3.93. The molecule has 0 aromatic rings. The van der Waals surface area contributed by atoms with Gasteiger partial charge in [-0.2, -0.15) is 11.8 Å². The van der Waals surface area contributed by atoms with E-state index in [2.05, 4.69) is 16.0 Å². The fourth-order valence-corrected chi connectivity index (χ4v) is 4.84. The zero-order valence-electron chi connectivity index (χ0n) is 12.7. The van der Waals surface area contributed by atoms with Crippen molar-refractivity contribution in [3.8, 4) is 0 Å². The summed E-state index contributed by atoms with van der Waals surface area (Å²) in [6, 6.07) is 0.389. The first-order valence-corrected chi connectivity index (χ1v) is 10.9. The Hall–Kier alpha value is -0.720. The molecule has 3 amide bonds. The zero-order valence-corrected chi connectivity index (χ0v) is 14.4. The Bertz CT molecular complexity index is 470. The van der Waals surface area contributed by atoms with E-state index in [-0.39, 0.29) is 36.7 Å². The molecule has 126 valence electrons. The molecule has 2 aliphatic heterocycles. The number of nitrogens with one attached hydrogen (secondary N) is 3. The maximum absolute atomic E-state index is 11.6. The lowest BCUT2D eigenvalue weighted by molar-refractivity contribution is -0.121. The minimum atomic E-state index is -3.04. The molecule has 4 unspecified atom stereocenters. The fourth-order valence-electron chi connectivity index (χ4n) is 2.77. The van der Waals surface area contributed by atoms with Gasteiger partial charge < -0.3 is 20.8 Å². The molecule has 2 saturated heterocycles. The molecule has 2 heterocycles. The molecule has 0 aliphatic carbocycles. The largest absolute Gasteiger partial charge is 0.356 e. The number of thioether (sulfide) groups is 1. The number of unbranched alkanes of at least 4 members (excludes halogenated alkanes) is 1. The average molecular weight is 349 g/mol. The van der Waals surface area contributed by atoms with Gasteiger partial charge in [-0.1, -0.05) is 6.42 Å². The summed E-state index contributed by atoms with van der Waals surface area (Å²) in [5.41, 5.74) is 0. The van der Waals surface area contributed by atoms with Crippen molar-refractivity contribution in [1.29, 1.82) is 0 Å². The molecule has 0 aromatic carbocycles. The van der Waals surface area contributed by atoms with Crippen molar-refractivity contribution in [3.63, 3.8) is 0 Å². The van der Waals surface area contributed by atoms with E-state index in [9.17, 15) is 14.2 Å². The first kappa shape index (κ1) is 17.6. The van der Waals surface area contributed by atoms with Crippen LogP contribution in [0.4, 0.5) is 4.79 Å². The summed E-state index contributed by atoms with van der Waals surface area (Å²) < 4.78 is 11.1. The molecule has 7 nitrogen and oxygen atoms in total. The average Bonchev–Trinajstić information content (AvgIpc) is 2.93. The Morgan fingerprint density at radius 2 is 2.23 bits per heavy atom. The summed E-state index contributed by atoms with van der Waals surface area (Å²) in [6.07, 6.45) is 3.28. The molecule has 0 spiro atoms. The van der Waals surface area contributed by atoms with E-state index in [1.165, 1.54) is 6.66 Å². The summed E-state index contributed by atoms with van der Waals surface area (Å²) in [5.74, 6) is 0.883. The van der Waals surface area contributed by atoms with Crippen molar-refractivity contribution in [3.05, 3.63) is 0 Å². The second-order valence-corrected chi connectivity index (χ2v) is 9.81. The van der Waals surface area contributed by atoms with Crippen LogP contribution in [0.1, 0.15) is 25.7 Å². The van der Waals surface area contributed by atoms with Gasteiger partial charge in [0, 0.05) is 36.8 Å². The first-order chi connectivity index (χ1) is 10.3. The van der Waals surface area contributed by atoms with Gasteiger partial charge in [-0.05, 0) is 12.8 Å². The Morgan fingerprint density at radius 1 is 1.45 bits per heavy atom. The van der Waals surface area contributed by atoms with Crippen LogP contribution >= 0.6 is 19.1 Å².